The molecular formula is C8H5BF3K3O3. The van der Waals surface area contributed by atoms with E-state index in [2.05, 4.69) is 6.58 Å². The predicted molar refractivity (Wildman–Crippen MR) is 42.2 cm³/mol. The molecule has 82 valence electrons. The van der Waals surface area contributed by atoms with Crippen LogP contribution in [0.25, 0.3) is 6.08 Å². The average Bonchev–Trinajstić information content (AvgIpc) is 2.14. The molecule has 10 heteroatoms. The van der Waals surface area contributed by atoms with Crippen molar-refractivity contribution in [3.05, 3.63) is 41.7 Å². The van der Waals surface area contributed by atoms with Gasteiger partial charge in [0.25, 0.3) is 0 Å². The molecule has 0 radical (unpaired) electrons. The second-order valence-corrected chi connectivity index (χ2v) is 2.26. The second kappa shape index (κ2) is 17.0. The number of rotatable bonds is 1. The Balaban J connectivity index is -0.000000125. The SMILES string of the molecule is C=Cc1ccc(F)c(F)c1F.[K+].[K+].[K+].[O-]B([O-])[O-]. The maximum atomic E-state index is 12.6. The topological polar surface area (TPSA) is 69.2 Å². The fraction of sp³-hybridized carbons (Fsp3) is 0. The van der Waals surface area contributed by atoms with Gasteiger partial charge in [0.1, 0.15) is 0 Å². The van der Waals surface area contributed by atoms with Crippen molar-refractivity contribution in [2.24, 2.45) is 0 Å². The molecule has 0 fully saturated rings. The van der Waals surface area contributed by atoms with E-state index in [1.165, 1.54) is 0 Å². The largest absolute Gasteiger partial charge is 1.00 e. The van der Waals surface area contributed by atoms with E-state index in [9.17, 15) is 13.2 Å². The summed E-state index contributed by atoms with van der Waals surface area (Å²) in [6.07, 6.45) is 1.12. The normalized spacial score (nSPS) is 7.44. The minimum Gasteiger partial charge on any atom is -0.907 e. The third kappa shape index (κ3) is 13.3. The molecule has 1 aromatic rings. The van der Waals surface area contributed by atoms with E-state index in [1.54, 1.807) is 0 Å². The molecule has 0 heterocycles. The van der Waals surface area contributed by atoms with Crippen LogP contribution in [0.4, 0.5) is 13.2 Å². The first-order valence-corrected chi connectivity index (χ1v) is 3.63. The minimum atomic E-state index is -2.92. The summed E-state index contributed by atoms with van der Waals surface area (Å²) in [6, 6.07) is 1.98. The van der Waals surface area contributed by atoms with Crippen molar-refractivity contribution in [3.8, 4) is 0 Å². The van der Waals surface area contributed by atoms with Gasteiger partial charge in [-0.3, -0.25) is 7.32 Å². The van der Waals surface area contributed by atoms with E-state index in [0.717, 1.165) is 18.2 Å². The van der Waals surface area contributed by atoms with Gasteiger partial charge in [0.15, 0.2) is 17.5 Å². The molecule has 0 aliphatic rings. The molecule has 0 unspecified atom stereocenters. The summed E-state index contributed by atoms with van der Waals surface area (Å²) in [5.74, 6) is -3.84. The molecule has 0 spiro atoms. The van der Waals surface area contributed by atoms with Crippen molar-refractivity contribution >= 4 is 13.4 Å². The summed E-state index contributed by atoms with van der Waals surface area (Å²) in [7, 11) is -2.92. The van der Waals surface area contributed by atoms with Crippen LogP contribution in [0.2, 0.25) is 0 Å². The monoisotopic (exact) mass is 334 g/mol. The molecule has 0 atom stereocenters. The van der Waals surface area contributed by atoms with Gasteiger partial charge in [-0.2, -0.15) is 0 Å². The molecule has 0 saturated heterocycles. The van der Waals surface area contributed by atoms with Crippen LogP contribution in [-0.4, -0.2) is 7.32 Å². The molecule has 1 aromatic carbocycles. The van der Waals surface area contributed by atoms with E-state index >= 15 is 0 Å². The Morgan fingerprint density at radius 2 is 1.33 bits per heavy atom. The number of halogens is 3. The van der Waals surface area contributed by atoms with Crippen LogP contribution in [0, 0.1) is 17.5 Å². The summed E-state index contributed by atoms with van der Waals surface area (Å²) in [4.78, 5) is 0. The van der Waals surface area contributed by atoms with E-state index in [-0.39, 0.29) is 160 Å². The van der Waals surface area contributed by atoms with Crippen LogP contribution in [0.5, 0.6) is 0 Å². The quantitative estimate of drug-likeness (QED) is 0.378. The first-order chi connectivity index (χ1) is 6.90. The Kier molecular flexibility index (Phi) is 27.9. The summed E-state index contributed by atoms with van der Waals surface area (Å²) < 4.78 is 37.2. The molecule has 0 aliphatic heterocycles. The smallest absolute Gasteiger partial charge is 0.907 e. The van der Waals surface area contributed by atoms with Gasteiger partial charge in [-0.05, 0) is 12.1 Å². The van der Waals surface area contributed by atoms with Gasteiger partial charge in [-0.15, -0.1) is 0 Å². The van der Waals surface area contributed by atoms with Crippen LogP contribution in [0.3, 0.4) is 0 Å². The van der Waals surface area contributed by atoms with E-state index < -0.39 is 24.8 Å². The van der Waals surface area contributed by atoms with Crippen molar-refractivity contribution < 1.29 is 182 Å². The molecule has 0 amide bonds. The summed E-state index contributed by atoms with van der Waals surface area (Å²) in [6.45, 7) is 3.23. The Morgan fingerprint density at radius 1 is 0.944 bits per heavy atom. The van der Waals surface area contributed by atoms with Gasteiger partial charge in [0.2, 0.25) is 0 Å². The van der Waals surface area contributed by atoms with Gasteiger partial charge in [0, 0.05) is 5.56 Å². The molecule has 0 aromatic heterocycles. The summed E-state index contributed by atoms with van der Waals surface area (Å²) >= 11 is 0. The number of hydrogen-bond donors (Lipinski definition) is 0. The molecule has 0 saturated carbocycles. The van der Waals surface area contributed by atoms with Crippen LogP contribution >= 0.6 is 0 Å². The van der Waals surface area contributed by atoms with Crippen molar-refractivity contribution in [2.45, 2.75) is 0 Å². The molecule has 0 aliphatic carbocycles. The van der Waals surface area contributed by atoms with Crippen molar-refractivity contribution in [3.63, 3.8) is 0 Å². The Bertz CT molecular complexity index is 353. The standard InChI is InChI=1S/C8H5F3.BO3.3K/c1-2-5-3-4-6(9)8(11)7(5)10;2-1(3)4;;;/h2-4H,1H2;;;;/q;-3;3*+1. The van der Waals surface area contributed by atoms with Crippen molar-refractivity contribution in [1.82, 2.24) is 0 Å². The third-order valence-corrected chi connectivity index (χ3v) is 1.28. The van der Waals surface area contributed by atoms with E-state index in [4.69, 9.17) is 15.1 Å². The molecule has 3 nitrogen and oxygen atoms in total. The maximum Gasteiger partial charge on any atom is 1.00 e. The van der Waals surface area contributed by atoms with Crippen LogP contribution < -0.4 is 169 Å². The number of benzene rings is 1. The average molecular weight is 334 g/mol. The Morgan fingerprint density at radius 3 is 1.67 bits per heavy atom. The number of hydrogen-bond acceptors (Lipinski definition) is 3. The predicted octanol–water partition coefficient (Wildman–Crippen LogP) is -10.2. The van der Waals surface area contributed by atoms with E-state index in [1.807, 2.05) is 0 Å². The van der Waals surface area contributed by atoms with Gasteiger partial charge in [-0.1, -0.05) is 12.7 Å². The van der Waals surface area contributed by atoms with Crippen LogP contribution in [0.1, 0.15) is 5.56 Å². The first-order valence-electron chi connectivity index (χ1n) is 3.63. The van der Waals surface area contributed by atoms with Crippen LogP contribution in [0.15, 0.2) is 18.7 Å². The second-order valence-electron chi connectivity index (χ2n) is 2.26. The summed E-state index contributed by atoms with van der Waals surface area (Å²) in [5.41, 5.74) is -0.0381. The fourth-order valence-corrected chi connectivity index (χ4v) is 0.698. The van der Waals surface area contributed by atoms with Gasteiger partial charge in [-0.25, -0.2) is 13.2 Å². The maximum absolute atomic E-state index is 12.6. The van der Waals surface area contributed by atoms with Gasteiger partial charge in [0.05, 0.1) is 0 Å². The zero-order chi connectivity index (χ0) is 12.0. The molecule has 1 rings (SSSR count). The zero-order valence-corrected chi connectivity index (χ0v) is 19.7. The van der Waals surface area contributed by atoms with Gasteiger partial charge < -0.3 is 15.1 Å². The van der Waals surface area contributed by atoms with Crippen molar-refractivity contribution in [2.75, 3.05) is 0 Å². The van der Waals surface area contributed by atoms with Crippen molar-refractivity contribution in [1.29, 1.82) is 0 Å². The molecular weight excluding hydrogens is 329 g/mol. The fourth-order valence-electron chi connectivity index (χ4n) is 0.698. The Labute approximate surface area is 231 Å². The molecule has 0 bridgehead atoms. The zero-order valence-electron chi connectivity index (χ0n) is 10.4. The van der Waals surface area contributed by atoms with Crippen LogP contribution in [-0.2, 0) is 0 Å². The molecule has 0 N–H and O–H groups in total. The minimum absolute atomic E-state index is 0. The van der Waals surface area contributed by atoms with Gasteiger partial charge >= 0.3 is 154 Å². The Hall–Kier alpha value is 3.60. The summed E-state index contributed by atoms with van der Waals surface area (Å²) in [5, 5.41) is 25.2. The first kappa shape index (κ1) is 29.6. The molecule has 18 heavy (non-hydrogen) atoms. The van der Waals surface area contributed by atoms with E-state index in [0.29, 0.717) is 0 Å². The third-order valence-electron chi connectivity index (χ3n) is 1.28.